The minimum absolute atomic E-state index is 0. The number of imidazole rings is 1. The molecule has 0 aliphatic heterocycles. The summed E-state index contributed by atoms with van der Waals surface area (Å²) in [5.74, 6) is 1.08. The standard InChI is InChI=1S/C19H18FIN2O3.ClH/c1-23-10-22-17(11-5-6-15(24-2)13(20)7-11)18(23)12-8-14(21)19(26-4)16(9-12)25-3;/h5-10H,1-4H3;1H. The molecule has 0 aliphatic carbocycles. The second-order valence-electron chi connectivity index (χ2n) is 5.60. The van der Waals surface area contributed by atoms with Gasteiger partial charge < -0.3 is 18.8 Å². The maximum atomic E-state index is 14.2. The predicted molar refractivity (Wildman–Crippen MR) is 114 cm³/mol. The first-order valence-electron chi connectivity index (χ1n) is 7.77. The maximum absolute atomic E-state index is 14.2. The Bertz CT molecular complexity index is 962. The molecule has 0 N–H and O–H groups in total. The van der Waals surface area contributed by atoms with E-state index in [4.69, 9.17) is 14.2 Å². The number of aryl methyl sites for hydroxylation is 1. The van der Waals surface area contributed by atoms with Crippen molar-refractivity contribution in [3.05, 3.63) is 46.0 Å². The van der Waals surface area contributed by atoms with Gasteiger partial charge in [0.05, 0.1) is 42.6 Å². The molecule has 0 radical (unpaired) electrons. The first kappa shape index (κ1) is 21.3. The number of hydrogen-bond donors (Lipinski definition) is 0. The highest BCUT2D eigenvalue weighted by atomic mass is 127. The third-order valence-electron chi connectivity index (χ3n) is 4.07. The van der Waals surface area contributed by atoms with Crippen LogP contribution in [0, 0.1) is 9.39 Å². The highest BCUT2D eigenvalue weighted by Gasteiger charge is 2.19. The van der Waals surface area contributed by atoms with Crippen molar-refractivity contribution in [2.24, 2.45) is 7.05 Å². The summed E-state index contributed by atoms with van der Waals surface area (Å²) < 4.78 is 32.8. The number of ether oxygens (including phenoxy) is 3. The summed E-state index contributed by atoms with van der Waals surface area (Å²) in [6, 6.07) is 8.70. The molecular formula is C19H19ClFIN2O3. The number of aromatic nitrogens is 2. The van der Waals surface area contributed by atoms with E-state index < -0.39 is 5.82 Å². The second kappa shape index (κ2) is 8.79. The number of benzene rings is 2. The molecule has 1 aromatic heterocycles. The summed E-state index contributed by atoms with van der Waals surface area (Å²) in [4.78, 5) is 4.47. The monoisotopic (exact) mass is 504 g/mol. The first-order chi connectivity index (χ1) is 12.5. The molecule has 3 aromatic rings. The summed E-state index contributed by atoms with van der Waals surface area (Å²) in [7, 11) is 6.54. The molecule has 0 aliphatic rings. The molecule has 0 unspecified atom stereocenters. The van der Waals surface area contributed by atoms with Crippen molar-refractivity contribution in [1.29, 1.82) is 0 Å². The van der Waals surface area contributed by atoms with E-state index in [1.54, 1.807) is 32.7 Å². The topological polar surface area (TPSA) is 45.5 Å². The average Bonchev–Trinajstić information content (AvgIpc) is 3.02. The molecule has 1 heterocycles. The van der Waals surface area contributed by atoms with E-state index in [0.717, 1.165) is 14.8 Å². The molecule has 144 valence electrons. The van der Waals surface area contributed by atoms with Crippen LogP contribution in [0.5, 0.6) is 17.2 Å². The van der Waals surface area contributed by atoms with Crippen LogP contribution < -0.4 is 14.2 Å². The molecular weight excluding hydrogens is 486 g/mol. The summed E-state index contributed by atoms with van der Waals surface area (Å²) in [5, 5.41) is 0. The van der Waals surface area contributed by atoms with Crippen molar-refractivity contribution in [1.82, 2.24) is 9.55 Å². The molecule has 2 aromatic carbocycles. The van der Waals surface area contributed by atoms with Crippen LogP contribution in [-0.4, -0.2) is 30.9 Å². The summed E-state index contributed by atoms with van der Waals surface area (Å²) >= 11 is 2.20. The Morgan fingerprint density at radius 2 is 1.67 bits per heavy atom. The molecule has 0 bridgehead atoms. The Labute approximate surface area is 177 Å². The van der Waals surface area contributed by atoms with Gasteiger partial charge in [0.2, 0.25) is 0 Å². The number of halogens is 3. The Kier molecular flexibility index (Phi) is 6.94. The van der Waals surface area contributed by atoms with Crippen molar-refractivity contribution in [2.45, 2.75) is 0 Å². The molecule has 0 amide bonds. The first-order valence-corrected chi connectivity index (χ1v) is 8.85. The van der Waals surface area contributed by atoms with Gasteiger partial charge in [-0.25, -0.2) is 9.37 Å². The van der Waals surface area contributed by atoms with Gasteiger partial charge in [-0.3, -0.25) is 0 Å². The van der Waals surface area contributed by atoms with Gasteiger partial charge >= 0.3 is 0 Å². The summed E-state index contributed by atoms with van der Waals surface area (Å²) in [6.45, 7) is 0. The number of hydrogen-bond acceptors (Lipinski definition) is 4. The summed E-state index contributed by atoms with van der Waals surface area (Å²) in [5.41, 5.74) is 3.10. The largest absolute Gasteiger partial charge is 0.494 e. The van der Waals surface area contributed by atoms with Crippen molar-refractivity contribution in [2.75, 3.05) is 21.3 Å². The van der Waals surface area contributed by atoms with E-state index in [1.165, 1.54) is 13.2 Å². The van der Waals surface area contributed by atoms with Gasteiger partial charge in [0.15, 0.2) is 23.1 Å². The molecule has 8 heteroatoms. The van der Waals surface area contributed by atoms with E-state index in [2.05, 4.69) is 27.6 Å². The predicted octanol–water partition coefficient (Wildman–Crippen LogP) is 4.95. The second-order valence-corrected chi connectivity index (χ2v) is 6.76. The Morgan fingerprint density at radius 3 is 2.26 bits per heavy atom. The molecule has 5 nitrogen and oxygen atoms in total. The lowest BCUT2D eigenvalue weighted by atomic mass is 10.0. The van der Waals surface area contributed by atoms with Crippen LogP contribution >= 0.6 is 35.0 Å². The maximum Gasteiger partial charge on any atom is 0.174 e. The Morgan fingerprint density at radius 1 is 0.963 bits per heavy atom. The van der Waals surface area contributed by atoms with Crippen LogP contribution in [-0.2, 0) is 7.05 Å². The molecule has 0 fully saturated rings. The van der Waals surface area contributed by atoms with E-state index in [-0.39, 0.29) is 18.2 Å². The fraction of sp³-hybridized carbons (Fsp3) is 0.211. The van der Waals surface area contributed by atoms with Crippen LogP contribution in [0.1, 0.15) is 0 Å². The third kappa shape index (κ3) is 3.98. The highest BCUT2D eigenvalue weighted by molar-refractivity contribution is 14.1. The van der Waals surface area contributed by atoms with Crippen LogP contribution in [0.2, 0.25) is 0 Å². The van der Waals surface area contributed by atoms with Gasteiger partial charge in [0.25, 0.3) is 0 Å². The molecule has 27 heavy (non-hydrogen) atoms. The van der Waals surface area contributed by atoms with Crippen molar-refractivity contribution in [3.63, 3.8) is 0 Å². The average molecular weight is 505 g/mol. The molecule has 0 atom stereocenters. The van der Waals surface area contributed by atoms with E-state index in [9.17, 15) is 4.39 Å². The van der Waals surface area contributed by atoms with E-state index in [0.29, 0.717) is 22.8 Å². The Hall–Kier alpha value is -2.00. The minimum atomic E-state index is -0.427. The van der Waals surface area contributed by atoms with Crippen LogP contribution in [0.3, 0.4) is 0 Å². The summed E-state index contributed by atoms with van der Waals surface area (Å²) in [6.07, 6.45) is 1.70. The van der Waals surface area contributed by atoms with Crippen molar-refractivity contribution >= 4 is 35.0 Å². The molecule has 3 rings (SSSR count). The van der Waals surface area contributed by atoms with Crippen molar-refractivity contribution < 1.29 is 18.6 Å². The molecule has 0 saturated carbocycles. The lowest BCUT2D eigenvalue weighted by molar-refractivity contribution is 0.353. The van der Waals surface area contributed by atoms with Crippen LogP contribution in [0.15, 0.2) is 36.7 Å². The Balaban J connectivity index is 0.00000261. The normalized spacial score (nSPS) is 10.3. The van der Waals surface area contributed by atoms with Gasteiger partial charge in [-0.1, -0.05) is 0 Å². The van der Waals surface area contributed by atoms with Crippen LogP contribution in [0.4, 0.5) is 4.39 Å². The van der Waals surface area contributed by atoms with Crippen molar-refractivity contribution in [3.8, 4) is 39.8 Å². The zero-order chi connectivity index (χ0) is 18.8. The lowest BCUT2D eigenvalue weighted by Gasteiger charge is -2.14. The van der Waals surface area contributed by atoms with Gasteiger partial charge in [-0.05, 0) is 52.9 Å². The van der Waals surface area contributed by atoms with Gasteiger partial charge in [0, 0.05) is 18.2 Å². The van der Waals surface area contributed by atoms with Gasteiger partial charge in [0.1, 0.15) is 0 Å². The van der Waals surface area contributed by atoms with Gasteiger partial charge in [-0.2, -0.15) is 0 Å². The number of rotatable bonds is 5. The molecule has 0 spiro atoms. The third-order valence-corrected chi connectivity index (χ3v) is 4.87. The van der Waals surface area contributed by atoms with Crippen LogP contribution in [0.25, 0.3) is 22.5 Å². The van der Waals surface area contributed by atoms with Gasteiger partial charge in [-0.15, -0.1) is 12.4 Å². The number of nitrogens with zero attached hydrogens (tertiary/aromatic N) is 2. The smallest absolute Gasteiger partial charge is 0.174 e. The quantitative estimate of drug-likeness (QED) is 0.462. The lowest BCUT2D eigenvalue weighted by Crippen LogP contribution is -1.97. The van der Waals surface area contributed by atoms with E-state index >= 15 is 0 Å². The number of methoxy groups -OCH3 is 3. The minimum Gasteiger partial charge on any atom is -0.494 e. The van der Waals surface area contributed by atoms with E-state index in [1.807, 2.05) is 23.7 Å². The fourth-order valence-corrected chi connectivity index (χ4v) is 3.67. The SMILES string of the molecule is COc1ccc(-c2ncn(C)c2-c2cc(I)c(OC)c(OC)c2)cc1F.Cl. The fourth-order valence-electron chi connectivity index (χ4n) is 2.85. The zero-order valence-corrected chi connectivity index (χ0v) is 18.2. The molecule has 0 saturated heterocycles. The highest BCUT2D eigenvalue weighted by Crippen LogP contribution is 2.40. The zero-order valence-electron chi connectivity index (χ0n) is 15.2.